The molecule has 0 saturated carbocycles. The van der Waals surface area contributed by atoms with E-state index in [4.69, 9.17) is 5.11 Å². The molecular formula is C12H16N2O4. The van der Waals surface area contributed by atoms with E-state index in [1.54, 1.807) is 19.1 Å². The number of nitrogens with one attached hydrogen (secondary N) is 1. The number of urea groups is 1. The van der Waals surface area contributed by atoms with Crippen molar-refractivity contribution in [3.05, 3.63) is 24.3 Å². The lowest BCUT2D eigenvalue weighted by Crippen LogP contribution is -2.46. The first kappa shape index (κ1) is 13.8. The second-order valence-electron chi connectivity index (χ2n) is 3.77. The number of benzene rings is 1. The smallest absolute Gasteiger partial charge is 0.325 e. The topological polar surface area (TPSA) is 89.9 Å². The molecule has 18 heavy (non-hydrogen) atoms. The van der Waals surface area contributed by atoms with Gasteiger partial charge in [0, 0.05) is 18.3 Å². The van der Waals surface area contributed by atoms with Gasteiger partial charge in [0.1, 0.15) is 11.8 Å². The number of phenols is 1. The van der Waals surface area contributed by atoms with Gasteiger partial charge in [0.15, 0.2) is 0 Å². The van der Waals surface area contributed by atoms with Crippen LogP contribution < -0.4 is 10.2 Å². The van der Waals surface area contributed by atoms with Crippen molar-refractivity contribution in [2.75, 3.05) is 11.4 Å². The minimum absolute atomic E-state index is 0.0463. The molecule has 0 spiro atoms. The molecular weight excluding hydrogens is 236 g/mol. The van der Waals surface area contributed by atoms with Crippen LogP contribution in [0.15, 0.2) is 24.3 Å². The number of amides is 2. The van der Waals surface area contributed by atoms with Crippen LogP contribution in [0.25, 0.3) is 0 Å². The first-order valence-electron chi connectivity index (χ1n) is 5.55. The third-order valence-electron chi connectivity index (χ3n) is 2.41. The number of anilines is 1. The average molecular weight is 252 g/mol. The number of carboxylic acids is 1. The molecule has 1 atom stereocenters. The average Bonchev–Trinajstić information content (AvgIpc) is 2.29. The van der Waals surface area contributed by atoms with Crippen LogP contribution in [-0.4, -0.2) is 34.8 Å². The summed E-state index contributed by atoms with van der Waals surface area (Å²) in [5, 5.41) is 20.4. The van der Waals surface area contributed by atoms with Crippen LogP contribution in [0.3, 0.4) is 0 Å². The number of aromatic hydroxyl groups is 1. The molecule has 1 aromatic carbocycles. The number of phenolic OH excluding ortho intramolecular Hbond substituents is 1. The Bertz CT molecular complexity index is 447. The third kappa shape index (κ3) is 3.38. The zero-order chi connectivity index (χ0) is 13.7. The minimum atomic E-state index is -1.10. The summed E-state index contributed by atoms with van der Waals surface area (Å²) in [7, 11) is 0. The van der Waals surface area contributed by atoms with E-state index in [1.807, 2.05) is 0 Å². The lowest BCUT2D eigenvalue weighted by Gasteiger charge is -2.22. The molecule has 0 aromatic heterocycles. The second-order valence-corrected chi connectivity index (χ2v) is 3.77. The summed E-state index contributed by atoms with van der Waals surface area (Å²) in [5.41, 5.74) is 0.507. The molecule has 0 radical (unpaired) electrons. The van der Waals surface area contributed by atoms with Crippen molar-refractivity contribution in [2.24, 2.45) is 0 Å². The van der Waals surface area contributed by atoms with Crippen LogP contribution in [0, 0.1) is 0 Å². The van der Waals surface area contributed by atoms with Gasteiger partial charge in [0.25, 0.3) is 0 Å². The van der Waals surface area contributed by atoms with Gasteiger partial charge in [-0.25, -0.2) is 4.79 Å². The highest BCUT2D eigenvalue weighted by Crippen LogP contribution is 2.19. The Morgan fingerprint density at radius 1 is 1.44 bits per heavy atom. The number of carbonyl (C=O) groups excluding carboxylic acids is 1. The quantitative estimate of drug-likeness (QED) is 0.755. The summed E-state index contributed by atoms with van der Waals surface area (Å²) in [6.45, 7) is 3.51. The maximum absolute atomic E-state index is 11.9. The Morgan fingerprint density at radius 2 is 2.11 bits per heavy atom. The molecule has 1 rings (SSSR count). The van der Waals surface area contributed by atoms with Crippen LogP contribution in [0.4, 0.5) is 10.5 Å². The highest BCUT2D eigenvalue weighted by Gasteiger charge is 2.19. The van der Waals surface area contributed by atoms with Crippen molar-refractivity contribution in [3.63, 3.8) is 0 Å². The van der Waals surface area contributed by atoms with Gasteiger partial charge in [-0.1, -0.05) is 6.07 Å². The lowest BCUT2D eigenvalue weighted by atomic mass is 10.2. The number of carbonyl (C=O) groups is 2. The third-order valence-corrected chi connectivity index (χ3v) is 2.41. The molecule has 0 aliphatic carbocycles. The van der Waals surface area contributed by atoms with E-state index in [2.05, 4.69) is 5.32 Å². The minimum Gasteiger partial charge on any atom is -0.508 e. The summed E-state index contributed by atoms with van der Waals surface area (Å²) in [5.74, 6) is -1.06. The standard InChI is InChI=1S/C12H16N2O4/c1-3-14(9-5-4-6-10(15)7-9)12(18)13-8(2)11(16)17/h4-8,15H,3H2,1-2H3,(H,13,18)(H,16,17)/t8-/m0/s1. The molecule has 0 aliphatic rings. The Kier molecular flexibility index (Phi) is 4.53. The Labute approximate surface area is 105 Å². The summed E-state index contributed by atoms with van der Waals surface area (Å²) < 4.78 is 0. The first-order valence-corrected chi connectivity index (χ1v) is 5.55. The predicted octanol–water partition coefficient (Wildman–Crippen LogP) is 1.40. The van der Waals surface area contributed by atoms with Gasteiger partial charge in [-0.2, -0.15) is 0 Å². The van der Waals surface area contributed by atoms with Crippen molar-refractivity contribution in [2.45, 2.75) is 19.9 Å². The Balaban J connectivity index is 2.83. The van der Waals surface area contributed by atoms with Crippen molar-refractivity contribution in [3.8, 4) is 5.75 Å². The van der Waals surface area contributed by atoms with E-state index < -0.39 is 18.0 Å². The second kappa shape index (κ2) is 5.90. The highest BCUT2D eigenvalue weighted by atomic mass is 16.4. The number of hydrogen-bond acceptors (Lipinski definition) is 3. The molecule has 6 heteroatoms. The molecule has 1 aromatic rings. The SMILES string of the molecule is CCN(C(=O)N[C@@H](C)C(=O)O)c1cccc(O)c1. The molecule has 2 amide bonds. The van der Waals surface area contributed by atoms with Gasteiger partial charge in [-0.3, -0.25) is 9.69 Å². The number of aliphatic carboxylic acids is 1. The predicted molar refractivity (Wildman–Crippen MR) is 66.8 cm³/mol. The fourth-order valence-electron chi connectivity index (χ4n) is 1.43. The zero-order valence-corrected chi connectivity index (χ0v) is 10.3. The van der Waals surface area contributed by atoms with E-state index in [9.17, 15) is 14.7 Å². The van der Waals surface area contributed by atoms with Crippen LogP contribution in [0.5, 0.6) is 5.75 Å². The fourth-order valence-corrected chi connectivity index (χ4v) is 1.43. The van der Waals surface area contributed by atoms with Crippen LogP contribution >= 0.6 is 0 Å². The van der Waals surface area contributed by atoms with Crippen molar-refractivity contribution in [1.82, 2.24) is 5.32 Å². The van der Waals surface area contributed by atoms with Crippen LogP contribution in [-0.2, 0) is 4.79 Å². The molecule has 98 valence electrons. The first-order chi connectivity index (χ1) is 8.45. The summed E-state index contributed by atoms with van der Waals surface area (Å²) in [6.07, 6.45) is 0. The Hall–Kier alpha value is -2.24. The van der Waals surface area contributed by atoms with Crippen molar-refractivity contribution < 1.29 is 19.8 Å². The molecule has 0 saturated heterocycles. The van der Waals surface area contributed by atoms with Gasteiger partial charge in [0.2, 0.25) is 0 Å². The monoisotopic (exact) mass is 252 g/mol. The normalized spacial score (nSPS) is 11.7. The number of rotatable bonds is 4. The van der Waals surface area contributed by atoms with Crippen molar-refractivity contribution >= 4 is 17.7 Å². The molecule has 6 nitrogen and oxygen atoms in total. The van der Waals surface area contributed by atoms with E-state index >= 15 is 0 Å². The fraction of sp³-hybridized carbons (Fsp3) is 0.333. The van der Waals surface area contributed by atoms with Gasteiger partial charge in [0.05, 0.1) is 0 Å². The molecule has 0 heterocycles. The maximum atomic E-state index is 11.9. The molecule has 0 bridgehead atoms. The molecule has 0 fully saturated rings. The highest BCUT2D eigenvalue weighted by molar-refractivity contribution is 5.94. The van der Waals surface area contributed by atoms with E-state index in [1.165, 1.54) is 24.0 Å². The zero-order valence-electron chi connectivity index (χ0n) is 10.3. The summed E-state index contributed by atoms with van der Waals surface area (Å²) >= 11 is 0. The van der Waals surface area contributed by atoms with Gasteiger partial charge in [-0.05, 0) is 26.0 Å². The van der Waals surface area contributed by atoms with Gasteiger partial charge in [-0.15, -0.1) is 0 Å². The maximum Gasteiger partial charge on any atom is 0.325 e. The molecule has 0 unspecified atom stereocenters. The number of carboxylic acid groups (broad SMARTS) is 1. The largest absolute Gasteiger partial charge is 0.508 e. The summed E-state index contributed by atoms with van der Waals surface area (Å²) in [6, 6.07) is 4.72. The van der Waals surface area contributed by atoms with Gasteiger partial charge < -0.3 is 15.5 Å². The van der Waals surface area contributed by atoms with Crippen molar-refractivity contribution in [1.29, 1.82) is 0 Å². The van der Waals surface area contributed by atoms with E-state index in [0.29, 0.717) is 12.2 Å². The molecule has 3 N–H and O–H groups in total. The van der Waals surface area contributed by atoms with E-state index in [0.717, 1.165) is 0 Å². The van der Waals surface area contributed by atoms with E-state index in [-0.39, 0.29) is 5.75 Å². The van der Waals surface area contributed by atoms with Crippen LogP contribution in [0.2, 0.25) is 0 Å². The number of nitrogens with zero attached hydrogens (tertiary/aromatic N) is 1. The van der Waals surface area contributed by atoms with Gasteiger partial charge >= 0.3 is 12.0 Å². The lowest BCUT2D eigenvalue weighted by molar-refractivity contribution is -0.138. The molecule has 0 aliphatic heterocycles. The number of hydrogen-bond donors (Lipinski definition) is 3. The Morgan fingerprint density at radius 3 is 2.61 bits per heavy atom. The van der Waals surface area contributed by atoms with Crippen LogP contribution in [0.1, 0.15) is 13.8 Å². The summed E-state index contributed by atoms with van der Waals surface area (Å²) in [4.78, 5) is 23.9.